The van der Waals surface area contributed by atoms with Gasteiger partial charge in [0.2, 0.25) is 5.43 Å². The zero-order valence-corrected chi connectivity index (χ0v) is 13.8. The Kier molecular flexibility index (Phi) is 3.97. The van der Waals surface area contributed by atoms with Crippen LogP contribution < -0.4 is 5.43 Å². The van der Waals surface area contributed by atoms with Crippen molar-refractivity contribution in [3.8, 4) is 5.75 Å². The van der Waals surface area contributed by atoms with Gasteiger partial charge in [0.15, 0.2) is 6.29 Å². The molecule has 0 bridgehead atoms. The summed E-state index contributed by atoms with van der Waals surface area (Å²) in [7, 11) is 0. The van der Waals surface area contributed by atoms with Crippen LogP contribution in [-0.4, -0.2) is 11.4 Å². The molecule has 4 nitrogen and oxygen atoms in total. The second-order valence-electron chi connectivity index (χ2n) is 6.26. The van der Waals surface area contributed by atoms with E-state index in [1.807, 2.05) is 32.9 Å². The molecule has 1 heterocycles. The minimum Gasteiger partial charge on any atom is -0.507 e. The number of benzene rings is 2. The number of aldehydes is 1. The first kappa shape index (κ1) is 16.0. The number of carbonyl (C=O) groups is 1. The third-order valence-corrected chi connectivity index (χ3v) is 3.90. The molecule has 0 radical (unpaired) electrons. The lowest BCUT2D eigenvalue weighted by Gasteiger charge is -2.08. The molecule has 0 saturated carbocycles. The predicted octanol–water partition coefficient (Wildman–Crippen LogP) is 4.44. The van der Waals surface area contributed by atoms with Crippen molar-refractivity contribution >= 4 is 34.3 Å². The van der Waals surface area contributed by atoms with Crippen molar-refractivity contribution < 1.29 is 14.3 Å². The van der Waals surface area contributed by atoms with Gasteiger partial charge in [0.05, 0.1) is 5.39 Å². The first-order chi connectivity index (χ1) is 11.4. The molecule has 0 unspecified atom stereocenters. The summed E-state index contributed by atoms with van der Waals surface area (Å²) in [6, 6.07) is 6.54. The van der Waals surface area contributed by atoms with Crippen molar-refractivity contribution in [2.75, 3.05) is 0 Å². The molecule has 0 amide bonds. The van der Waals surface area contributed by atoms with Crippen molar-refractivity contribution in [2.45, 2.75) is 20.8 Å². The van der Waals surface area contributed by atoms with Crippen LogP contribution in [-0.2, 0) is 0 Å². The molecule has 4 heteroatoms. The number of fused-ring (bicyclic) bond motifs is 2. The number of aryl methyl sites for hydroxylation is 1. The SMILES string of the molecule is Cc1cc(C=O)c2c(=O)c3c(O)ccc(C=CC(C)C)c3oc2c1. The van der Waals surface area contributed by atoms with E-state index in [1.54, 1.807) is 18.2 Å². The van der Waals surface area contributed by atoms with Gasteiger partial charge >= 0.3 is 0 Å². The van der Waals surface area contributed by atoms with E-state index in [4.69, 9.17) is 4.42 Å². The molecular weight excluding hydrogens is 304 g/mol. The quantitative estimate of drug-likeness (QED) is 0.572. The minimum absolute atomic E-state index is 0.0976. The van der Waals surface area contributed by atoms with Gasteiger partial charge in [0.25, 0.3) is 0 Å². The largest absolute Gasteiger partial charge is 0.507 e. The Balaban J connectivity index is 2.50. The van der Waals surface area contributed by atoms with E-state index in [-0.39, 0.29) is 22.1 Å². The van der Waals surface area contributed by atoms with Gasteiger partial charge in [-0.05, 0) is 42.7 Å². The molecule has 1 N–H and O–H groups in total. The normalized spacial score (nSPS) is 11.8. The van der Waals surface area contributed by atoms with Gasteiger partial charge in [0, 0.05) is 11.1 Å². The van der Waals surface area contributed by atoms with Crippen LogP contribution >= 0.6 is 0 Å². The molecule has 0 spiro atoms. The molecule has 3 rings (SSSR count). The summed E-state index contributed by atoms with van der Waals surface area (Å²) in [5.41, 5.74) is 2.08. The van der Waals surface area contributed by atoms with Crippen molar-refractivity contribution in [3.05, 3.63) is 57.3 Å². The lowest BCUT2D eigenvalue weighted by Crippen LogP contribution is -2.06. The van der Waals surface area contributed by atoms with E-state index in [0.29, 0.717) is 28.9 Å². The van der Waals surface area contributed by atoms with Crippen LogP contribution in [0.1, 0.15) is 35.3 Å². The van der Waals surface area contributed by atoms with Crippen molar-refractivity contribution in [2.24, 2.45) is 5.92 Å². The molecule has 0 aliphatic carbocycles. The standard InChI is InChI=1S/C20H18O4/c1-11(2)4-5-13-6-7-15(22)18-19(23)17-14(10-21)8-12(3)9-16(17)24-20(13)18/h4-11,22H,1-3H3. The number of phenols is 1. The summed E-state index contributed by atoms with van der Waals surface area (Å²) in [5, 5.41) is 10.5. The monoisotopic (exact) mass is 322 g/mol. The van der Waals surface area contributed by atoms with Crippen LogP contribution in [0.4, 0.5) is 0 Å². The zero-order valence-electron chi connectivity index (χ0n) is 13.8. The highest BCUT2D eigenvalue weighted by Crippen LogP contribution is 2.30. The Morgan fingerprint density at radius 2 is 1.88 bits per heavy atom. The average Bonchev–Trinajstić information content (AvgIpc) is 2.52. The summed E-state index contributed by atoms with van der Waals surface area (Å²) in [6.07, 6.45) is 4.50. The van der Waals surface area contributed by atoms with Gasteiger partial charge in [0.1, 0.15) is 22.3 Å². The van der Waals surface area contributed by atoms with Crippen LogP contribution in [0, 0.1) is 12.8 Å². The van der Waals surface area contributed by atoms with Gasteiger partial charge in [-0.2, -0.15) is 0 Å². The molecule has 0 aliphatic heterocycles. The molecule has 2 aromatic carbocycles. The molecule has 1 aromatic heterocycles. The number of hydrogen-bond acceptors (Lipinski definition) is 4. The van der Waals surface area contributed by atoms with Gasteiger partial charge in [-0.25, -0.2) is 0 Å². The molecule has 0 aliphatic rings. The maximum absolute atomic E-state index is 12.9. The minimum atomic E-state index is -0.398. The Bertz CT molecular complexity index is 1040. The summed E-state index contributed by atoms with van der Waals surface area (Å²) in [5.74, 6) is 0.185. The third-order valence-electron chi connectivity index (χ3n) is 3.90. The van der Waals surface area contributed by atoms with E-state index in [9.17, 15) is 14.7 Å². The van der Waals surface area contributed by atoms with Crippen molar-refractivity contribution in [3.63, 3.8) is 0 Å². The van der Waals surface area contributed by atoms with Crippen LogP contribution in [0.15, 0.2) is 39.6 Å². The topological polar surface area (TPSA) is 67.5 Å². The highest BCUT2D eigenvalue weighted by atomic mass is 16.3. The highest BCUT2D eigenvalue weighted by molar-refractivity contribution is 6.03. The molecule has 3 aromatic rings. The lowest BCUT2D eigenvalue weighted by molar-refractivity contribution is 0.112. The smallest absolute Gasteiger partial charge is 0.205 e. The van der Waals surface area contributed by atoms with Gasteiger partial charge in [-0.3, -0.25) is 9.59 Å². The molecule has 0 saturated heterocycles. The van der Waals surface area contributed by atoms with E-state index < -0.39 is 5.43 Å². The Labute approximate surface area is 139 Å². The second-order valence-corrected chi connectivity index (χ2v) is 6.26. The molecule has 0 atom stereocenters. The van der Waals surface area contributed by atoms with Crippen LogP contribution in [0.3, 0.4) is 0 Å². The first-order valence-electron chi connectivity index (χ1n) is 7.79. The lowest BCUT2D eigenvalue weighted by atomic mass is 10.0. The van der Waals surface area contributed by atoms with Crippen molar-refractivity contribution in [1.29, 1.82) is 0 Å². The fraction of sp³-hybridized carbons (Fsp3) is 0.200. The highest BCUT2D eigenvalue weighted by Gasteiger charge is 2.16. The van der Waals surface area contributed by atoms with E-state index in [1.165, 1.54) is 6.07 Å². The van der Waals surface area contributed by atoms with E-state index in [0.717, 1.165) is 5.56 Å². The predicted molar refractivity (Wildman–Crippen MR) is 95.7 cm³/mol. The van der Waals surface area contributed by atoms with Crippen LogP contribution in [0.2, 0.25) is 0 Å². The number of rotatable bonds is 3. The van der Waals surface area contributed by atoms with Gasteiger partial charge in [-0.1, -0.05) is 26.0 Å². The Hall–Kier alpha value is -2.88. The van der Waals surface area contributed by atoms with Crippen LogP contribution in [0.25, 0.3) is 28.0 Å². The second kappa shape index (κ2) is 5.96. The van der Waals surface area contributed by atoms with Gasteiger partial charge < -0.3 is 9.52 Å². The molecular formula is C20H18O4. The number of phenolic OH excluding ortho intramolecular Hbond substituents is 1. The average molecular weight is 322 g/mol. The summed E-state index contributed by atoms with van der Waals surface area (Å²) >= 11 is 0. The Morgan fingerprint density at radius 1 is 1.12 bits per heavy atom. The fourth-order valence-corrected chi connectivity index (χ4v) is 2.78. The number of hydrogen-bond donors (Lipinski definition) is 1. The number of carbonyl (C=O) groups excluding carboxylic acids is 1. The molecule has 122 valence electrons. The zero-order chi connectivity index (χ0) is 17.4. The van der Waals surface area contributed by atoms with E-state index in [2.05, 4.69) is 0 Å². The first-order valence-corrected chi connectivity index (χ1v) is 7.79. The maximum Gasteiger partial charge on any atom is 0.205 e. The maximum atomic E-state index is 12.9. The van der Waals surface area contributed by atoms with Gasteiger partial charge in [-0.15, -0.1) is 0 Å². The summed E-state index contributed by atoms with van der Waals surface area (Å²) < 4.78 is 5.92. The third kappa shape index (κ3) is 2.60. The number of aromatic hydroxyl groups is 1. The number of allylic oxidation sites excluding steroid dienone is 1. The van der Waals surface area contributed by atoms with Crippen molar-refractivity contribution in [1.82, 2.24) is 0 Å². The Morgan fingerprint density at radius 3 is 2.54 bits per heavy atom. The summed E-state index contributed by atoms with van der Waals surface area (Å²) in [6.45, 7) is 5.92. The fourth-order valence-electron chi connectivity index (χ4n) is 2.78. The molecule has 0 fully saturated rings. The molecule has 24 heavy (non-hydrogen) atoms. The summed E-state index contributed by atoms with van der Waals surface area (Å²) in [4.78, 5) is 24.2. The van der Waals surface area contributed by atoms with Crippen LogP contribution in [0.5, 0.6) is 5.75 Å². The van der Waals surface area contributed by atoms with E-state index >= 15 is 0 Å².